The van der Waals surface area contributed by atoms with Gasteiger partial charge in [-0.3, -0.25) is 9.59 Å². The van der Waals surface area contributed by atoms with E-state index in [-0.39, 0.29) is 12.8 Å². The zero-order valence-electron chi connectivity index (χ0n) is 7.78. The molecule has 1 unspecified atom stereocenters. The Bertz CT molecular complexity index is 207. The molecule has 0 aliphatic heterocycles. The molecule has 0 bridgehead atoms. The average molecular weight is 189 g/mol. The van der Waals surface area contributed by atoms with Crippen molar-refractivity contribution in [2.45, 2.75) is 32.2 Å². The van der Waals surface area contributed by atoms with Crippen LogP contribution in [0, 0.1) is 5.92 Å². The van der Waals surface area contributed by atoms with Gasteiger partial charge in [-0.15, -0.1) is 0 Å². The zero-order chi connectivity index (χ0) is 10.6. The third-order valence-corrected chi connectivity index (χ3v) is 1.54. The van der Waals surface area contributed by atoms with E-state index in [1.165, 1.54) is 0 Å². The summed E-state index contributed by atoms with van der Waals surface area (Å²) in [7, 11) is 0. The van der Waals surface area contributed by atoms with Crippen LogP contribution in [-0.4, -0.2) is 27.7 Å². The SMILES string of the molecule is CC(C)(N)CC(CC(=O)O)C(=O)O. The molecule has 4 N–H and O–H groups in total. The van der Waals surface area contributed by atoms with Gasteiger partial charge in [0.05, 0.1) is 12.3 Å². The Morgan fingerprint density at radius 3 is 2.08 bits per heavy atom. The molecule has 76 valence electrons. The maximum absolute atomic E-state index is 10.6. The third-order valence-electron chi connectivity index (χ3n) is 1.54. The van der Waals surface area contributed by atoms with E-state index in [1.807, 2.05) is 0 Å². The van der Waals surface area contributed by atoms with E-state index < -0.39 is 23.4 Å². The van der Waals surface area contributed by atoms with Gasteiger partial charge < -0.3 is 15.9 Å². The van der Waals surface area contributed by atoms with E-state index in [0.29, 0.717) is 0 Å². The molecule has 0 saturated heterocycles. The molecular weight excluding hydrogens is 174 g/mol. The summed E-state index contributed by atoms with van der Waals surface area (Å²) in [4.78, 5) is 20.9. The molecule has 0 aliphatic carbocycles. The van der Waals surface area contributed by atoms with E-state index in [4.69, 9.17) is 15.9 Å². The van der Waals surface area contributed by atoms with Crippen LogP contribution in [0.4, 0.5) is 0 Å². The zero-order valence-corrected chi connectivity index (χ0v) is 7.78. The first-order valence-corrected chi connectivity index (χ1v) is 3.96. The normalized spacial score (nSPS) is 13.8. The monoisotopic (exact) mass is 189 g/mol. The summed E-state index contributed by atoms with van der Waals surface area (Å²) >= 11 is 0. The summed E-state index contributed by atoms with van der Waals surface area (Å²) in [5.41, 5.74) is 4.94. The van der Waals surface area contributed by atoms with Crippen LogP contribution in [-0.2, 0) is 9.59 Å². The van der Waals surface area contributed by atoms with Crippen LogP contribution in [0.3, 0.4) is 0 Å². The number of nitrogens with two attached hydrogens (primary N) is 1. The highest BCUT2D eigenvalue weighted by molar-refractivity contribution is 5.77. The van der Waals surface area contributed by atoms with Crippen LogP contribution < -0.4 is 5.73 Å². The van der Waals surface area contributed by atoms with Gasteiger partial charge in [0.15, 0.2) is 0 Å². The second-order valence-corrected chi connectivity index (χ2v) is 3.83. The van der Waals surface area contributed by atoms with Gasteiger partial charge in [0.25, 0.3) is 0 Å². The maximum Gasteiger partial charge on any atom is 0.307 e. The van der Waals surface area contributed by atoms with Crippen LogP contribution in [0.5, 0.6) is 0 Å². The van der Waals surface area contributed by atoms with Crippen molar-refractivity contribution in [1.82, 2.24) is 0 Å². The smallest absolute Gasteiger partial charge is 0.307 e. The minimum atomic E-state index is -1.11. The lowest BCUT2D eigenvalue weighted by Crippen LogP contribution is -2.37. The number of rotatable bonds is 5. The molecule has 0 heterocycles. The van der Waals surface area contributed by atoms with Crippen molar-refractivity contribution in [2.75, 3.05) is 0 Å². The molecular formula is C8H15NO4. The van der Waals surface area contributed by atoms with Crippen LogP contribution >= 0.6 is 0 Å². The van der Waals surface area contributed by atoms with E-state index in [2.05, 4.69) is 0 Å². The Balaban J connectivity index is 4.27. The number of carboxylic acid groups (broad SMARTS) is 2. The quantitative estimate of drug-likeness (QED) is 0.577. The molecule has 0 fully saturated rings. The number of carbonyl (C=O) groups is 2. The maximum atomic E-state index is 10.6. The van der Waals surface area contributed by atoms with Gasteiger partial charge in [0, 0.05) is 5.54 Å². The summed E-state index contributed by atoms with van der Waals surface area (Å²) in [6.07, 6.45) is -0.218. The second kappa shape index (κ2) is 4.23. The molecule has 1 atom stereocenters. The lowest BCUT2D eigenvalue weighted by molar-refractivity contribution is -0.148. The van der Waals surface area contributed by atoms with E-state index in [9.17, 15) is 9.59 Å². The Hall–Kier alpha value is -1.10. The Morgan fingerprint density at radius 1 is 1.38 bits per heavy atom. The summed E-state index contributed by atoms with van der Waals surface area (Å²) in [6.45, 7) is 3.34. The average Bonchev–Trinajstić information content (AvgIpc) is 1.81. The van der Waals surface area contributed by atoms with E-state index >= 15 is 0 Å². The molecule has 5 heteroatoms. The van der Waals surface area contributed by atoms with Crippen molar-refractivity contribution in [3.63, 3.8) is 0 Å². The van der Waals surface area contributed by atoms with Gasteiger partial charge in [-0.25, -0.2) is 0 Å². The van der Waals surface area contributed by atoms with Crippen LogP contribution in [0.1, 0.15) is 26.7 Å². The van der Waals surface area contributed by atoms with Crippen molar-refractivity contribution in [1.29, 1.82) is 0 Å². The van der Waals surface area contributed by atoms with Crippen molar-refractivity contribution in [3.8, 4) is 0 Å². The molecule has 0 rings (SSSR count). The molecule has 0 aromatic rings. The molecule has 0 spiro atoms. The highest BCUT2D eigenvalue weighted by Gasteiger charge is 2.26. The van der Waals surface area contributed by atoms with Crippen LogP contribution in [0.15, 0.2) is 0 Å². The lowest BCUT2D eigenvalue weighted by Gasteiger charge is -2.22. The molecule has 0 aromatic heterocycles. The fourth-order valence-corrected chi connectivity index (χ4v) is 1.09. The molecule has 13 heavy (non-hydrogen) atoms. The summed E-state index contributed by atoms with van der Waals surface area (Å²) in [5.74, 6) is -3.13. The fraction of sp³-hybridized carbons (Fsp3) is 0.750. The van der Waals surface area contributed by atoms with Gasteiger partial charge in [-0.05, 0) is 20.3 Å². The first kappa shape index (κ1) is 11.9. The molecule has 0 aromatic carbocycles. The number of aliphatic carboxylic acids is 2. The molecule has 5 nitrogen and oxygen atoms in total. The van der Waals surface area contributed by atoms with Gasteiger partial charge in [0.1, 0.15) is 0 Å². The fourth-order valence-electron chi connectivity index (χ4n) is 1.09. The Labute approximate surface area is 76.5 Å². The largest absolute Gasteiger partial charge is 0.481 e. The number of hydrogen-bond donors (Lipinski definition) is 3. The summed E-state index contributed by atoms with van der Waals surface area (Å²) < 4.78 is 0. The Morgan fingerprint density at radius 2 is 1.85 bits per heavy atom. The van der Waals surface area contributed by atoms with Crippen LogP contribution in [0.2, 0.25) is 0 Å². The topological polar surface area (TPSA) is 101 Å². The van der Waals surface area contributed by atoms with Crippen molar-refractivity contribution in [3.05, 3.63) is 0 Å². The highest BCUT2D eigenvalue weighted by Crippen LogP contribution is 2.17. The lowest BCUT2D eigenvalue weighted by atomic mass is 9.89. The standard InChI is InChI=1S/C8H15NO4/c1-8(2,9)4-5(7(12)13)3-6(10)11/h5H,3-4,9H2,1-2H3,(H,10,11)(H,12,13). The van der Waals surface area contributed by atoms with Gasteiger partial charge in [0.2, 0.25) is 0 Å². The molecule has 0 radical (unpaired) electrons. The van der Waals surface area contributed by atoms with Crippen molar-refractivity contribution >= 4 is 11.9 Å². The summed E-state index contributed by atoms with van der Waals surface area (Å²) in [6, 6.07) is 0. The minimum Gasteiger partial charge on any atom is -0.481 e. The second-order valence-electron chi connectivity index (χ2n) is 3.83. The minimum absolute atomic E-state index is 0.161. The first-order chi connectivity index (χ1) is 5.72. The van der Waals surface area contributed by atoms with Gasteiger partial charge >= 0.3 is 11.9 Å². The highest BCUT2D eigenvalue weighted by atomic mass is 16.4. The van der Waals surface area contributed by atoms with E-state index in [1.54, 1.807) is 13.8 Å². The number of hydrogen-bond acceptors (Lipinski definition) is 3. The van der Waals surface area contributed by atoms with Crippen molar-refractivity contribution in [2.24, 2.45) is 11.7 Å². The molecule has 0 saturated carbocycles. The third kappa shape index (κ3) is 6.10. The summed E-state index contributed by atoms with van der Waals surface area (Å²) in [5, 5.41) is 17.1. The predicted molar refractivity (Wildman–Crippen MR) is 46.3 cm³/mol. The van der Waals surface area contributed by atoms with Crippen LogP contribution in [0.25, 0.3) is 0 Å². The first-order valence-electron chi connectivity index (χ1n) is 3.96. The Kier molecular flexibility index (Phi) is 3.87. The predicted octanol–water partition coefficient (Wildman–Crippen LogP) is 0.289. The molecule has 0 aliphatic rings. The van der Waals surface area contributed by atoms with Crippen molar-refractivity contribution < 1.29 is 19.8 Å². The molecule has 0 amide bonds. The van der Waals surface area contributed by atoms with Gasteiger partial charge in [-0.2, -0.15) is 0 Å². The van der Waals surface area contributed by atoms with Gasteiger partial charge in [-0.1, -0.05) is 0 Å². The van der Waals surface area contributed by atoms with E-state index in [0.717, 1.165) is 0 Å². The number of carboxylic acids is 2.